The summed E-state index contributed by atoms with van der Waals surface area (Å²) in [6, 6.07) is 16.3. The molecule has 0 bridgehead atoms. The lowest BCUT2D eigenvalue weighted by Crippen LogP contribution is -2.43. The number of amidine groups is 1. The van der Waals surface area contributed by atoms with Crippen LogP contribution in [0.5, 0.6) is 5.75 Å². The van der Waals surface area contributed by atoms with Crippen molar-refractivity contribution in [3.8, 4) is 5.75 Å². The Balaban J connectivity index is 1.37. The number of piperidine rings is 1. The van der Waals surface area contributed by atoms with Gasteiger partial charge in [0.2, 0.25) is 5.91 Å². The molecule has 1 aliphatic rings. The first-order chi connectivity index (χ1) is 16.6. The second-order valence-electron chi connectivity index (χ2n) is 8.92. The molecule has 0 unspecified atom stereocenters. The highest BCUT2D eigenvalue weighted by Gasteiger charge is 2.21. The van der Waals surface area contributed by atoms with Gasteiger partial charge in [0.1, 0.15) is 11.6 Å². The number of para-hydroxylation sites is 1. The second-order valence-corrected chi connectivity index (χ2v) is 8.92. The minimum absolute atomic E-state index is 0.0472. The zero-order valence-electron chi connectivity index (χ0n) is 19.9. The van der Waals surface area contributed by atoms with Crippen LogP contribution in [0.25, 0.3) is 10.9 Å². The molecule has 1 saturated heterocycles. The minimum Gasteiger partial charge on any atom is -0.497 e. The number of rotatable bonds is 10. The maximum atomic E-state index is 12.6. The molecule has 1 aromatic heterocycles. The highest BCUT2D eigenvalue weighted by molar-refractivity contribution is 5.87. The van der Waals surface area contributed by atoms with Crippen LogP contribution in [0, 0.1) is 11.3 Å². The average molecular weight is 462 g/mol. The normalized spacial score (nSPS) is 14.1. The average Bonchev–Trinajstić information content (AvgIpc) is 3.30. The number of methoxy groups -OCH3 is 1. The Morgan fingerprint density at radius 2 is 1.91 bits per heavy atom. The minimum atomic E-state index is 0.0472. The summed E-state index contributed by atoms with van der Waals surface area (Å²) in [6.45, 7) is 3.39. The van der Waals surface area contributed by atoms with E-state index in [1.807, 2.05) is 30.3 Å². The standard InChI is InChI=1S/C27H35N5O2/c1-34-23-10-8-20(9-11-23)19-32(26(28)18-31-27(33)21-12-14-29-15-13-21)16-4-5-22-17-30-25-7-3-2-6-24(22)25/h2-3,6-11,17,21,28-30H,4-5,12-16,18-19H2,1H3,(H,31,33). The third kappa shape index (κ3) is 6.17. The van der Waals surface area contributed by atoms with E-state index in [-0.39, 0.29) is 18.4 Å². The summed E-state index contributed by atoms with van der Waals surface area (Å²) >= 11 is 0. The maximum Gasteiger partial charge on any atom is 0.223 e. The molecule has 0 saturated carbocycles. The molecule has 4 rings (SSSR count). The van der Waals surface area contributed by atoms with Crippen LogP contribution >= 0.6 is 0 Å². The Labute approximate surface area is 201 Å². The van der Waals surface area contributed by atoms with E-state index in [1.54, 1.807) is 7.11 Å². The summed E-state index contributed by atoms with van der Waals surface area (Å²) in [5.41, 5.74) is 3.56. The SMILES string of the molecule is COc1ccc(CN(CCCc2c[nH]c3ccccc23)C(=N)CNC(=O)C2CCNCC2)cc1. The lowest BCUT2D eigenvalue weighted by atomic mass is 9.97. The quantitative estimate of drug-likeness (QED) is 0.274. The van der Waals surface area contributed by atoms with Crippen LogP contribution < -0.4 is 15.4 Å². The molecule has 4 N–H and O–H groups in total. The topological polar surface area (TPSA) is 93.2 Å². The molecular weight excluding hydrogens is 426 g/mol. The van der Waals surface area contributed by atoms with E-state index in [0.29, 0.717) is 12.4 Å². The molecule has 7 nitrogen and oxygen atoms in total. The molecule has 7 heteroatoms. The highest BCUT2D eigenvalue weighted by atomic mass is 16.5. The predicted molar refractivity (Wildman–Crippen MR) is 136 cm³/mol. The van der Waals surface area contributed by atoms with Gasteiger partial charge in [-0.15, -0.1) is 0 Å². The number of aromatic nitrogens is 1. The summed E-state index contributed by atoms with van der Waals surface area (Å²) < 4.78 is 5.27. The zero-order valence-corrected chi connectivity index (χ0v) is 19.9. The first-order valence-electron chi connectivity index (χ1n) is 12.1. The summed E-state index contributed by atoms with van der Waals surface area (Å²) in [5, 5.41) is 16.3. The van der Waals surface area contributed by atoms with Crippen LogP contribution in [0.3, 0.4) is 0 Å². The second kappa shape index (κ2) is 11.7. The Morgan fingerprint density at radius 3 is 2.68 bits per heavy atom. The number of hydrogen-bond acceptors (Lipinski definition) is 4. The van der Waals surface area contributed by atoms with E-state index in [2.05, 4.69) is 44.9 Å². The van der Waals surface area contributed by atoms with E-state index < -0.39 is 0 Å². The van der Waals surface area contributed by atoms with Gasteiger partial charge in [0, 0.05) is 36.1 Å². The molecule has 180 valence electrons. The van der Waals surface area contributed by atoms with Crippen molar-refractivity contribution in [2.45, 2.75) is 32.2 Å². The molecule has 0 aliphatic carbocycles. The third-order valence-corrected chi connectivity index (χ3v) is 6.60. The fraction of sp³-hybridized carbons (Fsp3) is 0.407. The van der Waals surface area contributed by atoms with Crippen molar-refractivity contribution in [3.05, 3.63) is 65.9 Å². The number of H-pyrrole nitrogens is 1. The predicted octanol–water partition coefficient (Wildman–Crippen LogP) is 3.70. The summed E-state index contributed by atoms with van der Waals surface area (Å²) in [5.74, 6) is 1.37. The number of ether oxygens (including phenoxy) is 1. The fourth-order valence-corrected chi connectivity index (χ4v) is 4.57. The van der Waals surface area contributed by atoms with E-state index in [0.717, 1.165) is 62.1 Å². The van der Waals surface area contributed by atoms with Gasteiger partial charge in [-0.3, -0.25) is 10.2 Å². The summed E-state index contributed by atoms with van der Waals surface area (Å²) in [7, 11) is 1.66. The lowest BCUT2D eigenvalue weighted by Gasteiger charge is -2.27. The van der Waals surface area contributed by atoms with Gasteiger partial charge in [-0.05, 0) is 68.1 Å². The van der Waals surface area contributed by atoms with Crippen LogP contribution in [0.15, 0.2) is 54.7 Å². The molecule has 2 aromatic carbocycles. The van der Waals surface area contributed by atoms with Gasteiger partial charge < -0.3 is 25.3 Å². The number of carbonyl (C=O) groups is 1. The van der Waals surface area contributed by atoms with Crippen LogP contribution in [0.2, 0.25) is 0 Å². The van der Waals surface area contributed by atoms with Crippen LogP contribution in [0.1, 0.15) is 30.4 Å². The number of carbonyl (C=O) groups excluding carboxylic acids is 1. The Kier molecular flexibility index (Phi) is 8.20. The van der Waals surface area contributed by atoms with Crippen molar-refractivity contribution in [1.82, 2.24) is 20.5 Å². The molecule has 0 atom stereocenters. The van der Waals surface area contributed by atoms with Crippen LogP contribution in [-0.4, -0.2) is 54.9 Å². The molecule has 0 spiro atoms. The van der Waals surface area contributed by atoms with E-state index in [4.69, 9.17) is 10.1 Å². The van der Waals surface area contributed by atoms with Gasteiger partial charge in [0.15, 0.2) is 0 Å². The molecular formula is C27H35N5O2. The zero-order chi connectivity index (χ0) is 23.8. The maximum absolute atomic E-state index is 12.6. The first-order valence-corrected chi connectivity index (χ1v) is 12.1. The highest BCUT2D eigenvalue weighted by Crippen LogP contribution is 2.20. The van der Waals surface area contributed by atoms with Crippen molar-refractivity contribution in [2.75, 3.05) is 33.3 Å². The largest absolute Gasteiger partial charge is 0.497 e. The smallest absolute Gasteiger partial charge is 0.223 e. The number of aryl methyl sites for hydroxylation is 1. The number of benzene rings is 2. The summed E-state index contributed by atoms with van der Waals surface area (Å²) in [4.78, 5) is 18.0. The van der Waals surface area contributed by atoms with Crippen LogP contribution in [-0.2, 0) is 17.8 Å². The molecule has 34 heavy (non-hydrogen) atoms. The van der Waals surface area contributed by atoms with Crippen molar-refractivity contribution in [1.29, 1.82) is 5.41 Å². The van der Waals surface area contributed by atoms with Crippen LogP contribution in [0.4, 0.5) is 0 Å². The molecule has 3 aromatic rings. The van der Waals surface area contributed by atoms with Crippen molar-refractivity contribution < 1.29 is 9.53 Å². The molecule has 2 heterocycles. The number of aromatic amines is 1. The van der Waals surface area contributed by atoms with E-state index in [9.17, 15) is 4.79 Å². The summed E-state index contributed by atoms with van der Waals surface area (Å²) in [6.07, 6.45) is 5.65. The number of nitrogens with one attached hydrogen (secondary N) is 4. The molecule has 1 amide bonds. The molecule has 1 fully saturated rings. The fourth-order valence-electron chi connectivity index (χ4n) is 4.57. The van der Waals surface area contributed by atoms with Crippen molar-refractivity contribution in [2.24, 2.45) is 5.92 Å². The van der Waals surface area contributed by atoms with Gasteiger partial charge in [-0.25, -0.2) is 0 Å². The number of fused-ring (bicyclic) bond motifs is 1. The van der Waals surface area contributed by atoms with E-state index >= 15 is 0 Å². The Bertz CT molecular complexity index is 1090. The molecule has 1 aliphatic heterocycles. The monoisotopic (exact) mass is 461 g/mol. The Morgan fingerprint density at radius 1 is 1.15 bits per heavy atom. The number of amides is 1. The lowest BCUT2D eigenvalue weighted by molar-refractivity contribution is -0.125. The van der Waals surface area contributed by atoms with Crippen molar-refractivity contribution >= 4 is 22.6 Å². The van der Waals surface area contributed by atoms with Gasteiger partial charge in [0.25, 0.3) is 0 Å². The van der Waals surface area contributed by atoms with Gasteiger partial charge in [-0.1, -0.05) is 30.3 Å². The number of nitrogens with zero attached hydrogens (tertiary/aromatic N) is 1. The van der Waals surface area contributed by atoms with Gasteiger partial charge >= 0.3 is 0 Å². The van der Waals surface area contributed by atoms with E-state index in [1.165, 1.54) is 10.9 Å². The molecule has 0 radical (unpaired) electrons. The Hall–Kier alpha value is -3.32. The number of hydrogen-bond donors (Lipinski definition) is 4. The van der Waals surface area contributed by atoms with Gasteiger partial charge in [0.05, 0.1) is 13.7 Å². The first kappa shape index (κ1) is 23.8. The van der Waals surface area contributed by atoms with Gasteiger partial charge in [-0.2, -0.15) is 0 Å². The van der Waals surface area contributed by atoms with Crippen molar-refractivity contribution in [3.63, 3.8) is 0 Å². The third-order valence-electron chi connectivity index (χ3n) is 6.60.